The molecule has 5 heteroatoms. The van der Waals surface area contributed by atoms with Crippen LogP contribution in [0.5, 0.6) is 0 Å². The van der Waals surface area contributed by atoms with Gasteiger partial charge in [-0.1, -0.05) is 44.7 Å². The Balaban J connectivity index is 2.45. The van der Waals surface area contributed by atoms with Crippen molar-refractivity contribution in [3.63, 3.8) is 0 Å². The first kappa shape index (κ1) is 15.8. The summed E-state index contributed by atoms with van der Waals surface area (Å²) in [4.78, 5) is 0. The van der Waals surface area contributed by atoms with Crippen LogP contribution in [0.2, 0.25) is 0 Å². The molecule has 0 saturated heterocycles. The minimum absolute atomic E-state index is 0.610. The van der Waals surface area contributed by atoms with E-state index in [2.05, 4.69) is 17.0 Å². The van der Waals surface area contributed by atoms with E-state index in [0.29, 0.717) is 5.69 Å². The molecule has 1 aromatic carbocycles. The van der Waals surface area contributed by atoms with Gasteiger partial charge in [-0.2, -0.15) is 0 Å². The van der Waals surface area contributed by atoms with Gasteiger partial charge in [0.2, 0.25) is 10.0 Å². The van der Waals surface area contributed by atoms with Crippen molar-refractivity contribution < 1.29 is 8.42 Å². The van der Waals surface area contributed by atoms with Crippen molar-refractivity contribution >= 4 is 21.4 Å². The largest absolute Gasteiger partial charge is 0.383 e. The highest BCUT2D eigenvalue weighted by Gasteiger charge is 2.05. The Kier molecular flexibility index (Phi) is 6.70. The van der Waals surface area contributed by atoms with Gasteiger partial charge < -0.3 is 5.32 Å². The van der Waals surface area contributed by atoms with Gasteiger partial charge in [-0.05, 0) is 18.6 Å². The first-order valence-electron chi connectivity index (χ1n) is 6.83. The quantitative estimate of drug-likeness (QED) is 0.683. The zero-order valence-corrected chi connectivity index (χ0v) is 12.6. The van der Waals surface area contributed by atoms with Gasteiger partial charge in [-0.15, -0.1) is 0 Å². The second-order valence-electron chi connectivity index (χ2n) is 4.76. The standard InChI is InChI=1S/C14H24N2O2S/c1-3-4-5-6-9-12-15-13-10-7-8-11-14(13)16-19(2,17)18/h7-8,10-11,15-16H,3-6,9,12H2,1-2H3. The van der Waals surface area contributed by atoms with E-state index in [1.807, 2.05) is 18.2 Å². The molecule has 4 nitrogen and oxygen atoms in total. The molecule has 108 valence electrons. The van der Waals surface area contributed by atoms with Gasteiger partial charge in [0.15, 0.2) is 0 Å². The minimum Gasteiger partial charge on any atom is -0.383 e. The number of rotatable bonds is 9. The number of hydrogen-bond acceptors (Lipinski definition) is 3. The van der Waals surface area contributed by atoms with Crippen LogP contribution < -0.4 is 10.0 Å². The maximum Gasteiger partial charge on any atom is 0.229 e. The highest BCUT2D eigenvalue weighted by atomic mass is 32.2. The lowest BCUT2D eigenvalue weighted by molar-refractivity contribution is 0.607. The number of para-hydroxylation sites is 2. The van der Waals surface area contributed by atoms with E-state index >= 15 is 0 Å². The normalized spacial score (nSPS) is 11.3. The number of unbranched alkanes of at least 4 members (excludes halogenated alkanes) is 4. The van der Waals surface area contributed by atoms with E-state index in [1.165, 1.54) is 25.7 Å². The molecule has 0 heterocycles. The molecule has 0 spiro atoms. The molecule has 0 aliphatic carbocycles. The number of sulfonamides is 1. The molecule has 0 bridgehead atoms. The Labute approximate surface area is 116 Å². The summed E-state index contributed by atoms with van der Waals surface area (Å²) < 4.78 is 25.0. The second kappa shape index (κ2) is 8.04. The van der Waals surface area contributed by atoms with E-state index in [0.717, 1.165) is 24.9 Å². The summed E-state index contributed by atoms with van der Waals surface area (Å²) in [6, 6.07) is 7.37. The maximum absolute atomic E-state index is 11.3. The van der Waals surface area contributed by atoms with E-state index in [1.54, 1.807) is 6.07 Å². The molecule has 0 aliphatic rings. The Morgan fingerprint density at radius 1 is 1.00 bits per heavy atom. The molecule has 0 unspecified atom stereocenters. The Morgan fingerprint density at radius 2 is 1.63 bits per heavy atom. The summed E-state index contributed by atoms with van der Waals surface area (Å²) in [5, 5.41) is 3.29. The third-order valence-electron chi connectivity index (χ3n) is 2.82. The average molecular weight is 284 g/mol. The van der Waals surface area contributed by atoms with Crippen molar-refractivity contribution in [2.45, 2.75) is 39.0 Å². The molecule has 19 heavy (non-hydrogen) atoms. The molecule has 0 atom stereocenters. The fourth-order valence-electron chi connectivity index (χ4n) is 1.88. The summed E-state index contributed by atoms with van der Waals surface area (Å²) in [5.74, 6) is 0. The SMILES string of the molecule is CCCCCCCNc1ccccc1NS(C)(=O)=O. The lowest BCUT2D eigenvalue weighted by Gasteiger charge is -2.12. The van der Waals surface area contributed by atoms with E-state index in [-0.39, 0.29) is 0 Å². The molecule has 1 aromatic rings. The monoisotopic (exact) mass is 284 g/mol. The second-order valence-corrected chi connectivity index (χ2v) is 6.51. The lowest BCUT2D eigenvalue weighted by atomic mass is 10.1. The maximum atomic E-state index is 11.3. The van der Waals surface area contributed by atoms with Crippen LogP contribution in [0.25, 0.3) is 0 Å². The van der Waals surface area contributed by atoms with Crippen molar-refractivity contribution in [3.8, 4) is 0 Å². The number of anilines is 2. The van der Waals surface area contributed by atoms with Crippen molar-refractivity contribution in [2.75, 3.05) is 22.8 Å². The van der Waals surface area contributed by atoms with Gasteiger partial charge in [0.05, 0.1) is 17.6 Å². The number of hydrogen-bond donors (Lipinski definition) is 2. The van der Waals surface area contributed by atoms with E-state index in [4.69, 9.17) is 0 Å². The van der Waals surface area contributed by atoms with Gasteiger partial charge in [0.1, 0.15) is 0 Å². The van der Waals surface area contributed by atoms with Crippen molar-refractivity contribution in [3.05, 3.63) is 24.3 Å². The zero-order chi connectivity index (χ0) is 14.1. The molecule has 1 rings (SSSR count). The third-order valence-corrected chi connectivity index (χ3v) is 3.41. The van der Waals surface area contributed by atoms with Crippen molar-refractivity contribution in [1.29, 1.82) is 0 Å². The number of nitrogens with one attached hydrogen (secondary N) is 2. The van der Waals surface area contributed by atoms with Crippen LogP contribution >= 0.6 is 0 Å². The Morgan fingerprint density at radius 3 is 2.26 bits per heavy atom. The van der Waals surface area contributed by atoms with Gasteiger partial charge in [0.25, 0.3) is 0 Å². The molecular weight excluding hydrogens is 260 g/mol. The molecule has 0 fully saturated rings. The summed E-state index contributed by atoms with van der Waals surface area (Å²) in [6.07, 6.45) is 7.27. The predicted octanol–water partition coefficient (Wildman–Crippen LogP) is 3.44. The smallest absolute Gasteiger partial charge is 0.229 e. The van der Waals surface area contributed by atoms with E-state index in [9.17, 15) is 8.42 Å². The molecular formula is C14H24N2O2S. The fraction of sp³-hybridized carbons (Fsp3) is 0.571. The predicted molar refractivity (Wildman–Crippen MR) is 82.2 cm³/mol. The highest BCUT2D eigenvalue weighted by Crippen LogP contribution is 2.21. The topological polar surface area (TPSA) is 58.2 Å². The number of benzene rings is 1. The average Bonchev–Trinajstić information content (AvgIpc) is 2.33. The first-order chi connectivity index (χ1) is 9.03. The lowest BCUT2D eigenvalue weighted by Crippen LogP contribution is -2.12. The van der Waals surface area contributed by atoms with Gasteiger partial charge in [-0.25, -0.2) is 8.42 Å². The van der Waals surface area contributed by atoms with Crippen molar-refractivity contribution in [1.82, 2.24) is 0 Å². The zero-order valence-electron chi connectivity index (χ0n) is 11.8. The Hall–Kier alpha value is -1.23. The molecule has 2 N–H and O–H groups in total. The summed E-state index contributed by atoms with van der Waals surface area (Å²) >= 11 is 0. The van der Waals surface area contributed by atoms with E-state index < -0.39 is 10.0 Å². The molecule has 0 radical (unpaired) electrons. The third kappa shape index (κ3) is 7.06. The highest BCUT2D eigenvalue weighted by molar-refractivity contribution is 7.92. The van der Waals surface area contributed by atoms with Crippen LogP contribution in [0.4, 0.5) is 11.4 Å². The molecule has 0 amide bonds. The van der Waals surface area contributed by atoms with Crippen LogP contribution in [-0.2, 0) is 10.0 Å². The van der Waals surface area contributed by atoms with Gasteiger partial charge in [0, 0.05) is 6.54 Å². The van der Waals surface area contributed by atoms with Crippen LogP contribution in [0, 0.1) is 0 Å². The van der Waals surface area contributed by atoms with Crippen LogP contribution in [0.3, 0.4) is 0 Å². The van der Waals surface area contributed by atoms with Crippen LogP contribution in [-0.4, -0.2) is 21.2 Å². The minimum atomic E-state index is -3.23. The molecule has 0 aromatic heterocycles. The summed E-state index contributed by atoms with van der Waals surface area (Å²) in [6.45, 7) is 3.07. The van der Waals surface area contributed by atoms with Crippen molar-refractivity contribution in [2.24, 2.45) is 0 Å². The van der Waals surface area contributed by atoms with Gasteiger partial charge in [-0.3, -0.25) is 4.72 Å². The molecule has 0 saturated carbocycles. The first-order valence-corrected chi connectivity index (χ1v) is 8.73. The van der Waals surface area contributed by atoms with Crippen LogP contribution in [0.15, 0.2) is 24.3 Å². The summed E-state index contributed by atoms with van der Waals surface area (Å²) in [7, 11) is -3.23. The van der Waals surface area contributed by atoms with Crippen LogP contribution in [0.1, 0.15) is 39.0 Å². The molecule has 0 aliphatic heterocycles. The fourth-order valence-corrected chi connectivity index (χ4v) is 2.46. The Bertz CT molecular complexity index is 472. The summed E-state index contributed by atoms with van der Waals surface area (Å²) in [5.41, 5.74) is 1.45. The van der Waals surface area contributed by atoms with Gasteiger partial charge >= 0.3 is 0 Å².